The molecule has 0 fully saturated rings. The van der Waals surface area contributed by atoms with Crippen LogP contribution in [0.2, 0.25) is 0 Å². The molecule has 2 N–H and O–H groups in total. The lowest BCUT2D eigenvalue weighted by Gasteiger charge is -2.17. The molecule has 1 amide bonds. The molecule has 0 aromatic heterocycles. The number of ether oxygens (including phenoxy) is 1. The fourth-order valence-corrected chi connectivity index (χ4v) is 1.33. The standard InChI is InChI=1S/C13H13F2NO4/c1-2-7-20-12(19)16-8-13(14,15)10-5-3-9(4-6-10)11(17)18/h2-6H,1,7-8H2,(H,16,19)(H,17,18). The first-order chi connectivity index (χ1) is 9.36. The number of amides is 1. The SMILES string of the molecule is C=CCOC(=O)NCC(F)(F)c1ccc(C(=O)O)cc1. The summed E-state index contributed by atoms with van der Waals surface area (Å²) in [5.41, 5.74) is -0.491. The van der Waals surface area contributed by atoms with Gasteiger partial charge in [0, 0.05) is 5.56 Å². The molecule has 0 spiro atoms. The van der Waals surface area contributed by atoms with Gasteiger partial charge in [-0.2, -0.15) is 8.78 Å². The van der Waals surface area contributed by atoms with Crippen molar-refractivity contribution < 1.29 is 28.2 Å². The largest absolute Gasteiger partial charge is 0.478 e. The minimum atomic E-state index is -3.33. The van der Waals surface area contributed by atoms with E-state index in [9.17, 15) is 18.4 Å². The molecule has 7 heteroatoms. The Kier molecular flexibility index (Phi) is 5.19. The summed E-state index contributed by atoms with van der Waals surface area (Å²) >= 11 is 0. The molecule has 20 heavy (non-hydrogen) atoms. The monoisotopic (exact) mass is 285 g/mol. The predicted octanol–water partition coefficient (Wildman–Crippen LogP) is 2.39. The van der Waals surface area contributed by atoms with E-state index in [1.807, 2.05) is 5.32 Å². The zero-order chi connectivity index (χ0) is 15.2. The first-order valence-electron chi connectivity index (χ1n) is 5.60. The van der Waals surface area contributed by atoms with Gasteiger partial charge in [0.2, 0.25) is 0 Å². The number of carbonyl (C=O) groups is 2. The van der Waals surface area contributed by atoms with E-state index < -0.39 is 30.1 Å². The van der Waals surface area contributed by atoms with Crippen LogP contribution in [-0.4, -0.2) is 30.3 Å². The third kappa shape index (κ3) is 4.34. The first-order valence-corrected chi connectivity index (χ1v) is 5.60. The molecule has 0 atom stereocenters. The summed E-state index contributed by atoms with van der Waals surface area (Å²) < 4.78 is 32.0. The Morgan fingerprint density at radius 2 is 1.95 bits per heavy atom. The molecule has 0 heterocycles. The maximum Gasteiger partial charge on any atom is 0.407 e. The number of carboxylic acids is 1. The Morgan fingerprint density at radius 1 is 1.35 bits per heavy atom. The maximum absolute atomic E-state index is 13.7. The lowest BCUT2D eigenvalue weighted by Crippen LogP contribution is -2.35. The van der Waals surface area contributed by atoms with Crippen LogP contribution in [0, 0.1) is 0 Å². The van der Waals surface area contributed by atoms with Gasteiger partial charge in [0.15, 0.2) is 0 Å². The molecule has 5 nitrogen and oxygen atoms in total. The summed E-state index contributed by atoms with van der Waals surface area (Å²) in [6.07, 6.45) is 0.328. The van der Waals surface area contributed by atoms with Crippen LogP contribution in [0.3, 0.4) is 0 Å². The molecule has 0 aliphatic rings. The third-order valence-corrected chi connectivity index (χ3v) is 2.34. The van der Waals surface area contributed by atoms with Crippen molar-refractivity contribution in [2.75, 3.05) is 13.2 Å². The molecule has 108 valence electrons. The van der Waals surface area contributed by atoms with Crippen molar-refractivity contribution in [1.29, 1.82) is 0 Å². The van der Waals surface area contributed by atoms with Gasteiger partial charge in [-0.05, 0) is 12.1 Å². The van der Waals surface area contributed by atoms with Crippen LogP contribution in [0.15, 0.2) is 36.9 Å². The summed E-state index contributed by atoms with van der Waals surface area (Å²) in [5.74, 6) is -4.53. The van der Waals surface area contributed by atoms with Gasteiger partial charge in [0.25, 0.3) is 5.92 Å². The van der Waals surface area contributed by atoms with Crippen LogP contribution >= 0.6 is 0 Å². The Morgan fingerprint density at radius 3 is 2.45 bits per heavy atom. The highest BCUT2D eigenvalue weighted by atomic mass is 19.3. The molecule has 0 unspecified atom stereocenters. The molecule has 1 rings (SSSR count). The Bertz CT molecular complexity index is 500. The highest BCUT2D eigenvalue weighted by Gasteiger charge is 2.32. The van der Waals surface area contributed by atoms with Crippen LogP contribution in [0.1, 0.15) is 15.9 Å². The summed E-state index contributed by atoms with van der Waals surface area (Å²) in [4.78, 5) is 21.6. The maximum atomic E-state index is 13.7. The summed E-state index contributed by atoms with van der Waals surface area (Å²) in [6.45, 7) is 2.28. The molecular formula is C13H13F2NO4. The molecule has 0 saturated heterocycles. The summed E-state index contributed by atoms with van der Waals surface area (Å²) in [6, 6.07) is 4.14. The molecule has 0 radical (unpaired) electrons. The second kappa shape index (κ2) is 6.65. The number of hydrogen-bond acceptors (Lipinski definition) is 3. The number of alkyl halides is 2. The summed E-state index contributed by atoms with van der Waals surface area (Å²) in [7, 11) is 0. The summed E-state index contributed by atoms with van der Waals surface area (Å²) in [5, 5.41) is 10.6. The van der Waals surface area contributed by atoms with E-state index >= 15 is 0 Å². The van der Waals surface area contributed by atoms with Crippen molar-refractivity contribution in [2.45, 2.75) is 5.92 Å². The Hall–Kier alpha value is -2.44. The van der Waals surface area contributed by atoms with Gasteiger partial charge in [-0.3, -0.25) is 0 Å². The number of aromatic carboxylic acids is 1. The van der Waals surface area contributed by atoms with Crippen LogP contribution < -0.4 is 5.32 Å². The molecule has 1 aromatic rings. The lowest BCUT2D eigenvalue weighted by molar-refractivity contribution is -0.00322. The van der Waals surface area contributed by atoms with Gasteiger partial charge in [-0.15, -0.1) is 0 Å². The molecule has 0 bridgehead atoms. The van der Waals surface area contributed by atoms with E-state index in [4.69, 9.17) is 5.11 Å². The number of benzene rings is 1. The second-order valence-corrected chi connectivity index (χ2v) is 3.83. The van der Waals surface area contributed by atoms with E-state index in [0.29, 0.717) is 0 Å². The highest BCUT2D eigenvalue weighted by molar-refractivity contribution is 5.87. The van der Waals surface area contributed by atoms with E-state index in [0.717, 1.165) is 24.3 Å². The molecular weight excluding hydrogens is 272 g/mol. The van der Waals surface area contributed by atoms with E-state index in [1.165, 1.54) is 6.08 Å². The zero-order valence-corrected chi connectivity index (χ0v) is 10.4. The van der Waals surface area contributed by atoms with Crippen molar-refractivity contribution in [3.8, 4) is 0 Å². The van der Waals surface area contributed by atoms with Gasteiger partial charge in [-0.25, -0.2) is 9.59 Å². The lowest BCUT2D eigenvalue weighted by atomic mass is 10.1. The van der Waals surface area contributed by atoms with Crippen LogP contribution in [0.5, 0.6) is 0 Å². The smallest absolute Gasteiger partial charge is 0.407 e. The quantitative estimate of drug-likeness (QED) is 0.787. The van der Waals surface area contributed by atoms with Gasteiger partial charge >= 0.3 is 12.1 Å². The highest BCUT2D eigenvalue weighted by Crippen LogP contribution is 2.27. The van der Waals surface area contributed by atoms with Crippen LogP contribution in [-0.2, 0) is 10.7 Å². The van der Waals surface area contributed by atoms with Gasteiger partial charge in [0.05, 0.1) is 12.1 Å². The molecule has 0 saturated carbocycles. The van der Waals surface area contributed by atoms with Crippen LogP contribution in [0.25, 0.3) is 0 Å². The van der Waals surface area contributed by atoms with E-state index in [2.05, 4.69) is 11.3 Å². The fraction of sp³-hybridized carbons (Fsp3) is 0.231. The van der Waals surface area contributed by atoms with E-state index in [-0.39, 0.29) is 12.2 Å². The van der Waals surface area contributed by atoms with Crippen molar-refractivity contribution >= 4 is 12.1 Å². The Balaban J connectivity index is 2.65. The Labute approximate surface area is 113 Å². The first kappa shape index (κ1) is 15.6. The number of nitrogens with one attached hydrogen (secondary N) is 1. The number of rotatable bonds is 6. The van der Waals surface area contributed by atoms with Crippen LogP contribution in [0.4, 0.5) is 13.6 Å². The van der Waals surface area contributed by atoms with Crippen molar-refractivity contribution in [3.63, 3.8) is 0 Å². The van der Waals surface area contributed by atoms with Gasteiger partial charge in [0.1, 0.15) is 6.61 Å². The molecule has 0 aliphatic carbocycles. The average Bonchev–Trinajstić information content (AvgIpc) is 2.43. The minimum absolute atomic E-state index is 0.0787. The average molecular weight is 285 g/mol. The third-order valence-electron chi connectivity index (χ3n) is 2.34. The number of carboxylic acid groups (broad SMARTS) is 1. The molecule has 0 aliphatic heterocycles. The normalized spacial score (nSPS) is 10.7. The van der Waals surface area contributed by atoms with Gasteiger partial charge in [-0.1, -0.05) is 24.8 Å². The number of carbonyl (C=O) groups excluding carboxylic acids is 1. The minimum Gasteiger partial charge on any atom is -0.478 e. The fourth-order valence-electron chi connectivity index (χ4n) is 1.33. The van der Waals surface area contributed by atoms with Crippen molar-refractivity contribution in [1.82, 2.24) is 5.32 Å². The number of alkyl carbamates (subject to hydrolysis) is 1. The zero-order valence-electron chi connectivity index (χ0n) is 10.4. The molecule has 1 aromatic carbocycles. The number of hydrogen-bond donors (Lipinski definition) is 2. The number of halogens is 2. The second-order valence-electron chi connectivity index (χ2n) is 3.83. The topological polar surface area (TPSA) is 75.6 Å². The van der Waals surface area contributed by atoms with Crippen molar-refractivity contribution in [3.05, 3.63) is 48.0 Å². The van der Waals surface area contributed by atoms with Gasteiger partial charge < -0.3 is 15.2 Å². The van der Waals surface area contributed by atoms with E-state index in [1.54, 1.807) is 0 Å². The predicted molar refractivity (Wildman–Crippen MR) is 66.8 cm³/mol. The van der Waals surface area contributed by atoms with Crippen molar-refractivity contribution in [2.24, 2.45) is 0 Å².